The predicted molar refractivity (Wildman–Crippen MR) is 108 cm³/mol. The highest BCUT2D eigenvalue weighted by Crippen LogP contribution is 2.24. The van der Waals surface area contributed by atoms with Crippen LogP contribution in [0.1, 0.15) is 40.4 Å². The first-order valence-corrected chi connectivity index (χ1v) is 10.3. The van der Waals surface area contributed by atoms with Crippen molar-refractivity contribution in [2.45, 2.75) is 26.3 Å². The van der Waals surface area contributed by atoms with Crippen molar-refractivity contribution in [3.8, 4) is 10.7 Å². The number of carbonyl (C=O) groups is 1. The van der Waals surface area contributed by atoms with Crippen molar-refractivity contribution in [1.82, 2.24) is 20.6 Å². The van der Waals surface area contributed by atoms with Gasteiger partial charge in [-0.1, -0.05) is 30.3 Å². The molecule has 1 unspecified atom stereocenters. The van der Waals surface area contributed by atoms with E-state index in [1.54, 1.807) is 16.7 Å². The molecule has 1 amide bonds. The van der Waals surface area contributed by atoms with Crippen LogP contribution in [0.3, 0.4) is 0 Å². The summed E-state index contributed by atoms with van der Waals surface area (Å²) in [5.74, 6) is -0.129. The van der Waals surface area contributed by atoms with Crippen molar-refractivity contribution in [3.05, 3.63) is 57.4 Å². The molecule has 1 atom stereocenters. The highest BCUT2D eigenvalue weighted by Gasteiger charge is 2.13. The molecule has 3 rings (SSSR count). The second-order valence-corrected chi connectivity index (χ2v) is 7.91. The maximum absolute atomic E-state index is 12.2. The van der Waals surface area contributed by atoms with Crippen LogP contribution in [0.5, 0.6) is 0 Å². The van der Waals surface area contributed by atoms with Crippen LogP contribution in [0.4, 0.5) is 0 Å². The fourth-order valence-electron chi connectivity index (χ4n) is 2.52. The minimum absolute atomic E-state index is 0.129. The first-order chi connectivity index (χ1) is 12.6. The van der Waals surface area contributed by atoms with Crippen molar-refractivity contribution in [2.75, 3.05) is 13.1 Å². The molecule has 136 valence electrons. The Morgan fingerprint density at radius 3 is 2.65 bits per heavy atom. The van der Waals surface area contributed by atoms with Crippen LogP contribution in [0.15, 0.2) is 41.1 Å². The van der Waals surface area contributed by atoms with E-state index in [0.717, 1.165) is 28.7 Å². The van der Waals surface area contributed by atoms with Crippen LogP contribution in [-0.2, 0) is 0 Å². The van der Waals surface area contributed by atoms with Crippen LogP contribution < -0.4 is 10.6 Å². The van der Waals surface area contributed by atoms with Crippen LogP contribution in [0.2, 0.25) is 0 Å². The Bertz CT molecular complexity index is 844. The maximum atomic E-state index is 12.2. The summed E-state index contributed by atoms with van der Waals surface area (Å²) in [4.78, 5) is 21.0. The van der Waals surface area contributed by atoms with E-state index in [2.05, 4.69) is 39.7 Å². The number of hydrogen-bond donors (Lipinski definition) is 2. The summed E-state index contributed by atoms with van der Waals surface area (Å²) in [6.45, 7) is 5.57. The monoisotopic (exact) mass is 386 g/mol. The molecule has 3 aromatic rings. The van der Waals surface area contributed by atoms with Gasteiger partial charge in [-0.2, -0.15) is 0 Å². The second-order valence-electron chi connectivity index (χ2n) is 5.99. The van der Waals surface area contributed by atoms with Gasteiger partial charge in [0.15, 0.2) is 0 Å². The van der Waals surface area contributed by atoms with Crippen LogP contribution >= 0.6 is 22.7 Å². The Balaban J connectivity index is 1.40. The quantitative estimate of drug-likeness (QED) is 0.573. The normalized spacial score (nSPS) is 12.1. The van der Waals surface area contributed by atoms with E-state index in [1.807, 2.05) is 30.5 Å². The highest BCUT2D eigenvalue weighted by atomic mass is 32.1. The average molecular weight is 387 g/mol. The molecule has 0 fully saturated rings. The molecular formula is C19H22N4OS2. The third kappa shape index (κ3) is 4.97. The second kappa shape index (κ2) is 9.02. The standard InChI is InChI=1S/C19H22N4OS2/c1-13(15-7-4-3-5-8-15)20-9-6-10-21-18(24)16-11-26-19(23-16)17-12-25-14(2)22-17/h3-5,7-8,11-13,20H,6,9-10H2,1-2H3,(H,21,24). The molecule has 7 heteroatoms. The molecule has 0 spiro atoms. The van der Waals surface area contributed by atoms with Gasteiger partial charge in [-0.05, 0) is 32.4 Å². The predicted octanol–water partition coefficient (Wildman–Crippen LogP) is 4.05. The summed E-state index contributed by atoms with van der Waals surface area (Å²) in [6, 6.07) is 10.6. The summed E-state index contributed by atoms with van der Waals surface area (Å²) >= 11 is 3.03. The van der Waals surface area contributed by atoms with Gasteiger partial charge in [0.1, 0.15) is 16.4 Å². The summed E-state index contributed by atoms with van der Waals surface area (Å²) in [6.07, 6.45) is 0.866. The van der Waals surface area contributed by atoms with Crippen LogP contribution in [0.25, 0.3) is 10.7 Å². The zero-order chi connectivity index (χ0) is 18.4. The van der Waals surface area contributed by atoms with Gasteiger partial charge in [0.25, 0.3) is 5.91 Å². The molecule has 2 aromatic heterocycles. The fourth-order valence-corrected chi connectivity index (χ4v) is 3.95. The molecule has 0 saturated carbocycles. The lowest BCUT2D eigenvalue weighted by molar-refractivity contribution is 0.0949. The Morgan fingerprint density at radius 1 is 1.12 bits per heavy atom. The van der Waals surface area contributed by atoms with Crippen molar-refractivity contribution in [3.63, 3.8) is 0 Å². The summed E-state index contributed by atoms with van der Waals surface area (Å²) in [5, 5.41) is 11.9. The van der Waals surface area contributed by atoms with E-state index in [1.165, 1.54) is 16.9 Å². The fraction of sp³-hybridized carbons (Fsp3) is 0.316. The number of nitrogens with zero attached hydrogens (tertiary/aromatic N) is 2. The minimum Gasteiger partial charge on any atom is -0.351 e. The number of aryl methyl sites for hydroxylation is 1. The van der Waals surface area contributed by atoms with Gasteiger partial charge in [-0.15, -0.1) is 22.7 Å². The highest BCUT2D eigenvalue weighted by molar-refractivity contribution is 7.14. The van der Waals surface area contributed by atoms with Crippen molar-refractivity contribution in [2.24, 2.45) is 0 Å². The SMILES string of the molecule is Cc1nc(-c2nc(C(=O)NCCCNC(C)c3ccccc3)cs2)cs1. The van der Waals surface area contributed by atoms with Crippen molar-refractivity contribution in [1.29, 1.82) is 0 Å². The lowest BCUT2D eigenvalue weighted by atomic mass is 10.1. The molecule has 0 aliphatic rings. The van der Waals surface area contributed by atoms with Gasteiger partial charge in [-0.25, -0.2) is 9.97 Å². The third-order valence-corrected chi connectivity index (χ3v) is 5.60. The van der Waals surface area contributed by atoms with Crippen molar-refractivity contribution < 1.29 is 4.79 Å². The molecule has 1 aromatic carbocycles. The Kier molecular flexibility index (Phi) is 6.49. The molecule has 2 heterocycles. The molecule has 0 saturated heterocycles. The zero-order valence-corrected chi connectivity index (χ0v) is 16.5. The van der Waals surface area contributed by atoms with E-state index in [4.69, 9.17) is 0 Å². The van der Waals surface area contributed by atoms with E-state index in [0.29, 0.717) is 18.3 Å². The first-order valence-electron chi connectivity index (χ1n) is 8.58. The first kappa shape index (κ1) is 18.7. The average Bonchev–Trinajstić information content (AvgIpc) is 3.31. The molecule has 5 nitrogen and oxygen atoms in total. The van der Waals surface area contributed by atoms with E-state index in [-0.39, 0.29) is 5.91 Å². The third-order valence-electron chi connectivity index (χ3n) is 3.96. The Hall–Kier alpha value is -2.09. The van der Waals surface area contributed by atoms with Crippen LogP contribution in [0, 0.1) is 6.92 Å². The number of carbonyl (C=O) groups excluding carboxylic acids is 1. The maximum Gasteiger partial charge on any atom is 0.270 e. The van der Waals surface area contributed by atoms with Gasteiger partial charge in [-0.3, -0.25) is 4.79 Å². The molecule has 0 aliphatic carbocycles. The van der Waals surface area contributed by atoms with E-state index >= 15 is 0 Å². The molecular weight excluding hydrogens is 364 g/mol. The molecule has 0 aliphatic heterocycles. The lowest BCUT2D eigenvalue weighted by Gasteiger charge is -2.14. The number of thiazole rings is 2. The number of hydrogen-bond acceptors (Lipinski definition) is 6. The van der Waals surface area contributed by atoms with Gasteiger partial charge in [0.05, 0.1) is 5.01 Å². The van der Waals surface area contributed by atoms with Gasteiger partial charge < -0.3 is 10.6 Å². The van der Waals surface area contributed by atoms with Gasteiger partial charge in [0, 0.05) is 23.3 Å². The number of benzene rings is 1. The topological polar surface area (TPSA) is 66.9 Å². The number of nitrogens with one attached hydrogen (secondary N) is 2. The number of amides is 1. The zero-order valence-electron chi connectivity index (χ0n) is 14.9. The largest absolute Gasteiger partial charge is 0.351 e. The molecule has 0 bridgehead atoms. The van der Waals surface area contributed by atoms with Gasteiger partial charge >= 0.3 is 0 Å². The molecule has 0 radical (unpaired) electrons. The molecule has 2 N–H and O–H groups in total. The summed E-state index contributed by atoms with van der Waals surface area (Å²) < 4.78 is 0. The number of aromatic nitrogens is 2. The van der Waals surface area contributed by atoms with E-state index in [9.17, 15) is 4.79 Å². The molecule has 26 heavy (non-hydrogen) atoms. The van der Waals surface area contributed by atoms with E-state index < -0.39 is 0 Å². The summed E-state index contributed by atoms with van der Waals surface area (Å²) in [7, 11) is 0. The minimum atomic E-state index is -0.129. The smallest absolute Gasteiger partial charge is 0.270 e. The lowest BCUT2D eigenvalue weighted by Crippen LogP contribution is -2.28. The Labute approximate surface area is 161 Å². The van der Waals surface area contributed by atoms with Gasteiger partial charge in [0.2, 0.25) is 0 Å². The van der Waals surface area contributed by atoms with Crippen molar-refractivity contribution >= 4 is 28.6 Å². The van der Waals surface area contributed by atoms with Crippen LogP contribution in [-0.4, -0.2) is 29.0 Å². The summed E-state index contributed by atoms with van der Waals surface area (Å²) in [5.41, 5.74) is 2.57. The Morgan fingerprint density at radius 2 is 1.92 bits per heavy atom. The number of rotatable bonds is 8.